The van der Waals surface area contributed by atoms with Gasteiger partial charge in [-0.3, -0.25) is 9.59 Å². The Hall–Kier alpha value is -3.31. The minimum absolute atomic E-state index is 0.163. The van der Waals surface area contributed by atoms with E-state index in [-0.39, 0.29) is 18.6 Å². The van der Waals surface area contributed by atoms with E-state index >= 15 is 0 Å². The molecule has 2 aromatic carbocycles. The number of ether oxygens (including phenoxy) is 1. The largest absolute Gasteiger partial charge is 0.496 e. The van der Waals surface area contributed by atoms with Gasteiger partial charge in [-0.05, 0) is 52.0 Å². The molecule has 1 saturated carbocycles. The highest BCUT2D eigenvalue weighted by Gasteiger charge is 2.45. The molecule has 160 valence electrons. The predicted octanol–water partition coefficient (Wildman–Crippen LogP) is 2.96. The summed E-state index contributed by atoms with van der Waals surface area (Å²) in [5, 5.41) is 16.9. The minimum atomic E-state index is -0.835. The number of halogens is 1. The summed E-state index contributed by atoms with van der Waals surface area (Å²) >= 11 is 3.55. The molecule has 3 N–H and O–H groups in total. The van der Waals surface area contributed by atoms with Crippen LogP contribution >= 0.6 is 15.9 Å². The molecular formula is C23H23BrN4O3. The van der Waals surface area contributed by atoms with E-state index in [1.165, 1.54) is 0 Å². The Labute approximate surface area is 189 Å². The monoisotopic (exact) mass is 482 g/mol. The smallest absolute Gasteiger partial charge is 0.310 e. The molecule has 0 aromatic heterocycles. The summed E-state index contributed by atoms with van der Waals surface area (Å²) in [6, 6.07) is 15.4. The number of nitriles is 1. The highest BCUT2D eigenvalue weighted by molar-refractivity contribution is 9.10. The Morgan fingerprint density at radius 1 is 1.19 bits per heavy atom. The molecule has 0 saturated heterocycles. The molecule has 0 spiro atoms. The van der Waals surface area contributed by atoms with Crippen LogP contribution in [0.15, 0.2) is 53.5 Å². The Morgan fingerprint density at radius 3 is 2.55 bits per heavy atom. The first kappa shape index (κ1) is 22.4. The minimum Gasteiger partial charge on any atom is -0.496 e. The predicted molar refractivity (Wildman–Crippen MR) is 121 cm³/mol. The highest BCUT2D eigenvalue weighted by Crippen LogP contribution is 2.48. The molecule has 0 unspecified atom stereocenters. The summed E-state index contributed by atoms with van der Waals surface area (Å²) in [4.78, 5) is 23.6. The lowest BCUT2D eigenvalue weighted by Crippen LogP contribution is -2.39. The Morgan fingerprint density at radius 2 is 1.90 bits per heavy atom. The fourth-order valence-electron chi connectivity index (χ4n) is 3.36. The first-order valence-electron chi connectivity index (χ1n) is 9.72. The lowest BCUT2D eigenvalue weighted by molar-refractivity contribution is -0.139. The van der Waals surface area contributed by atoms with Crippen molar-refractivity contribution >= 4 is 33.4 Å². The van der Waals surface area contributed by atoms with Crippen LogP contribution in [0, 0.1) is 11.3 Å². The molecule has 3 rings (SSSR count). The lowest BCUT2D eigenvalue weighted by atomic mass is 10.0. The number of nitrogens with zero attached hydrogens (tertiary/aromatic N) is 1. The number of benzene rings is 2. The molecule has 1 aliphatic rings. The molecule has 2 aromatic rings. The van der Waals surface area contributed by atoms with Crippen LogP contribution in [0.2, 0.25) is 0 Å². The number of hydrogen-bond donors (Lipinski definition) is 3. The summed E-state index contributed by atoms with van der Waals surface area (Å²) in [6.07, 6.45) is 1.95. The molecule has 0 heterocycles. The summed E-state index contributed by atoms with van der Waals surface area (Å²) in [6.45, 7) is 4.17. The summed E-state index contributed by atoms with van der Waals surface area (Å²) < 4.78 is 6.21. The van der Waals surface area contributed by atoms with Crippen LogP contribution in [-0.2, 0) is 21.7 Å². The van der Waals surface area contributed by atoms with Gasteiger partial charge in [0.1, 0.15) is 12.3 Å². The van der Waals surface area contributed by atoms with Gasteiger partial charge in [0.15, 0.2) is 0 Å². The number of nitrogens with one attached hydrogen (secondary N) is 3. The van der Waals surface area contributed by atoms with Crippen LogP contribution in [0.25, 0.3) is 5.70 Å². The number of amides is 2. The number of methoxy groups -OCH3 is 1. The maximum absolute atomic E-state index is 11.9. The number of hydrogen-bond acceptors (Lipinski definition) is 5. The first-order valence-corrected chi connectivity index (χ1v) is 10.5. The third kappa shape index (κ3) is 5.25. The Kier molecular flexibility index (Phi) is 6.98. The fourth-order valence-corrected chi connectivity index (χ4v) is 3.90. The molecule has 0 bridgehead atoms. The van der Waals surface area contributed by atoms with E-state index in [9.17, 15) is 9.59 Å². The summed E-state index contributed by atoms with van der Waals surface area (Å²) in [5.74, 6) is -0.846. The third-order valence-corrected chi connectivity index (χ3v) is 5.78. The Bertz CT molecular complexity index is 1060. The van der Waals surface area contributed by atoms with Crippen molar-refractivity contribution < 1.29 is 14.3 Å². The Balaban J connectivity index is 1.70. The molecule has 0 radical (unpaired) electrons. The zero-order valence-electron chi connectivity index (χ0n) is 17.1. The summed E-state index contributed by atoms with van der Waals surface area (Å²) in [7, 11) is 1.63. The topological polar surface area (TPSA) is 103 Å². The van der Waals surface area contributed by atoms with Crippen LogP contribution < -0.4 is 20.7 Å². The van der Waals surface area contributed by atoms with E-state index in [4.69, 9.17) is 10.00 Å². The summed E-state index contributed by atoms with van der Waals surface area (Å²) in [5.41, 5.74) is 3.37. The van der Waals surface area contributed by atoms with E-state index in [1.807, 2.05) is 36.4 Å². The molecule has 31 heavy (non-hydrogen) atoms. The van der Waals surface area contributed by atoms with Crippen molar-refractivity contribution in [1.82, 2.24) is 16.0 Å². The average Bonchev–Trinajstić information content (AvgIpc) is 3.56. The van der Waals surface area contributed by atoms with Crippen LogP contribution in [0.5, 0.6) is 5.75 Å². The molecule has 7 nitrogen and oxygen atoms in total. The van der Waals surface area contributed by atoms with Crippen molar-refractivity contribution in [2.75, 3.05) is 13.7 Å². The van der Waals surface area contributed by atoms with E-state index in [0.717, 1.165) is 45.5 Å². The zero-order valence-corrected chi connectivity index (χ0v) is 18.7. The van der Waals surface area contributed by atoms with Crippen molar-refractivity contribution in [3.05, 3.63) is 70.2 Å². The van der Waals surface area contributed by atoms with Crippen LogP contribution in [0.3, 0.4) is 0 Å². The van der Waals surface area contributed by atoms with Gasteiger partial charge in [0.2, 0.25) is 0 Å². The second-order valence-corrected chi connectivity index (χ2v) is 8.07. The van der Waals surface area contributed by atoms with Gasteiger partial charge in [-0.25, -0.2) is 0 Å². The maximum atomic E-state index is 11.9. The molecule has 8 heteroatoms. The van der Waals surface area contributed by atoms with Gasteiger partial charge in [-0.15, -0.1) is 0 Å². The fraction of sp³-hybridized carbons (Fsp3) is 0.261. The SMILES string of the molecule is C=C(NC1(c2ccc(OC)c(Br)c2)CC1)c1ccccc1CNC(=O)C(=O)NCC#N. The quantitative estimate of drug-likeness (QED) is 0.396. The first-order chi connectivity index (χ1) is 14.9. The van der Waals surface area contributed by atoms with Gasteiger partial charge in [-0.1, -0.05) is 36.9 Å². The van der Waals surface area contributed by atoms with E-state index < -0.39 is 11.8 Å². The van der Waals surface area contributed by atoms with E-state index in [0.29, 0.717) is 0 Å². The van der Waals surface area contributed by atoms with Gasteiger partial charge in [0, 0.05) is 17.8 Å². The number of carbonyl (C=O) groups is 2. The van der Waals surface area contributed by atoms with Gasteiger partial charge in [-0.2, -0.15) is 5.26 Å². The van der Waals surface area contributed by atoms with Crippen molar-refractivity contribution in [1.29, 1.82) is 5.26 Å². The zero-order chi connectivity index (χ0) is 22.4. The average molecular weight is 483 g/mol. The van der Waals surface area contributed by atoms with E-state index in [2.05, 4.69) is 44.5 Å². The lowest BCUT2D eigenvalue weighted by Gasteiger charge is -2.23. The standard InChI is InChI=1S/C23H23BrN4O3/c1-15(28-23(9-10-23)17-7-8-20(31-2)19(24)13-17)18-6-4-3-5-16(18)14-27-22(30)21(29)26-12-11-25/h3-8,13,28H,1,9-10,12,14H2,2H3,(H,26,29)(H,27,30). The highest BCUT2D eigenvalue weighted by atomic mass is 79.9. The second-order valence-electron chi connectivity index (χ2n) is 7.22. The van der Waals surface area contributed by atoms with Gasteiger partial charge < -0.3 is 20.7 Å². The number of carbonyl (C=O) groups excluding carboxylic acids is 2. The van der Waals surface area contributed by atoms with Crippen molar-refractivity contribution in [3.8, 4) is 11.8 Å². The van der Waals surface area contributed by atoms with Crippen LogP contribution in [-0.4, -0.2) is 25.5 Å². The molecule has 0 atom stereocenters. The molecule has 2 amide bonds. The van der Waals surface area contributed by atoms with Crippen molar-refractivity contribution in [3.63, 3.8) is 0 Å². The van der Waals surface area contributed by atoms with Gasteiger partial charge in [0.25, 0.3) is 0 Å². The third-order valence-electron chi connectivity index (χ3n) is 5.16. The molecule has 1 aliphatic carbocycles. The molecule has 0 aliphatic heterocycles. The second kappa shape index (κ2) is 9.67. The van der Waals surface area contributed by atoms with Crippen LogP contribution in [0.1, 0.15) is 29.5 Å². The van der Waals surface area contributed by atoms with Gasteiger partial charge >= 0.3 is 11.8 Å². The van der Waals surface area contributed by atoms with E-state index in [1.54, 1.807) is 13.2 Å². The number of rotatable bonds is 8. The van der Waals surface area contributed by atoms with Crippen molar-refractivity contribution in [2.24, 2.45) is 0 Å². The maximum Gasteiger partial charge on any atom is 0.310 e. The van der Waals surface area contributed by atoms with Crippen LogP contribution in [0.4, 0.5) is 0 Å². The van der Waals surface area contributed by atoms with Crippen molar-refractivity contribution in [2.45, 2.75) is 24.9 Å². The molecule has 1 fully saturated rings. The van der Waals surface area contributed by atoms with Gasteiger partial charge in [0.05, 0.1) is 23.2 Å². The normalized spacial score (nSPS) is 13.5. The molecular weight excluding hydrogens is 460 g/mol.